The zero-order chi connectivity index (χ0) is 33.9. The molecule has 0 radical (unpaired) electrons. The van der Waals surface area contributed by atoms with Crippen LogP contribution in [0.2, 0.25) is 0 Å². The lowest BCUT2D eigenvalue weighted by Gasteiger charge is -2.14. The van der Waals surface area contributed by atoms with Crippen LogP contribution in [-0.4, -0.2) is 20.2 Å². The van der Waals surface area contributed by atoms with Gasteiger partial charge in [0, 0.05) is 27.8 Å². The quantitative estimate of drug-likeness (QED) is 0.168. The fraction of sp³-hybridized carbons (Fsp3) is 0. The van der Waals surface area contributed by atoms with E-state index in [1.54, 1.807) is 0 Å². The molecule has 0 bridgehead atoms. The van der Waals surface area contributed by atoms with Crippen molar-refractivity contribution in [2.75, 3.05) is 0 Å². The summed E-state index contributed by atoms with van der Waals surface area (Å²) >= 11 is 0. The predicted octanol–water partition coefficient (Wildman–Crippen LogP) is 11.4. The van der Waals surface area contributed by atoms with Crippen molar-refractivity contribution in [3.8, 4) is 90.3 Å². The van der Waals surface area contributed by atoms with Gasteiger partial charge < -0.3 is 10.2 Å². The number of aromatic nitrogens is 2. The summed E-state index contributed by atoms with van der Waals surface area (Å²) in [6.07, 6.45) is 0. The lowest BCUT2D eigenvalue weighted by atomic mass is 9.94. The maximum absolute atomic E-state index is 11.7. The van der Waals surface area contributed by atoms with Crippen molar-refractivity contribution >= 4 is 0 Å². The van der Waals surface area contributed by atoms with Gasteiger partial charge in [0.1, 0.15) is 22.6 Å². The molecule has 0 aliphatic heterocycles. The van der Waals surface area contributed by atoms with Crippen molar-refractivity contribution in [1.29, 1.82) is 0 Å². The number of nitrogens with zero attached hydrogens (tertiary/aromatic N) is 2. The molecule has 50 heavy (non-hydrogen) atoms. The maximum atomic E-state index is 11.7. The summed E-state index contributed by atoms with van der Waals surface area (Å²) in [7, 11) is 0. The molecule has 0 atom stereocenters. The summed E-state index contributed by atoms with van der Waals surface area (Å²) in [4.78, 5) is 10.0. The second-order valence-corrected chi connectivity index (χ2v) is 11.9. The second-order valence-electron chi connectivity index (χ2n) is 11.9. The highest BCUT2D eigenvalue weighted by atomic mass is 16.4. The molecule has 5 heteroatoms. The van der Waals surface area contributed by atoms with E-state index in [1.807, 2.05) is 176 Å². The molecule has 7 aromatic carbocycles. The molecule has 0 amide bonds. The normalized spacial score (nSPS) is 11.0. The summed E-state index contributed by atoms with van der Waals surface area (Å²) in [6.45, 7) is 0. The smallest absolute Gasteiger partial charge is 0.464 e. The largest absolute Gasteiger partial charge is 0.507 e. The van der Waals surface area contributed by atoms with Gasteiger partial charge in [0.05, 0.1) is 0 Å². The highest BCUT2D eigenvalue weighted by Crippen LogP contribution is 2.44. The lowest BCUT2D eigenvalue weighted by Crippen LogP contribution is -1.98. The van der Waals surface area contributed by atoms with Crippen molar-refractivity contribution in [2.24, 2.45) is 0 Å². The molecule has 8 aromatic rings. The van der Waals surface area contributed by atoms with Crippen LogP contribution in [0.15, 0.2) is 180 Å². The molecule has 238 valence electrons. The van der Waals surface area contributed by atoms with E-state index in [1.165, 1.54) is 0 Å². The fourth-order valence-electron chi connectivity index (χ4n) is 6.18. The van der Waals surface area contributed by atoms with Crippen LogP contribution < -0.4 is 0 Å². The topological polar surface area (TPSA) is 77.5 Å². The molecular formula is C45H31N2O3+. The molecule has 1 heterocycles. The lowest BCUT2D eigenvalue weighted by molar-refractivity contribution is 0.479. The van der Waals surface area contributed by atoms with Crippen molar-refractivity contribution in [2.45, 2.75) is 0 Å². The van der Waals surface area contributed by atoms with Crippen LogP contribution in [0.5, 0.6) is 11.5 Å². The minimum Gasteiger partial charge on any atom is -0.507 e. The number of aromatic hydroxyl groups is 2. The zero-order valence-corrected chi connectivity index (χ0v) is 26.9. The molecular weight excluding hydrogens is 617 g/mol. The highest BCUT2D eigenvalue weighted by molar-refractivity contribution is 5.88. The number of phenolic OH excluding ortho intramolecular Hbond substituents is 2. The van der Waals surface area contributed by atoms with Crippen LogP contribution in [0.1, 0.15) is 0 Å². The molecule has 5 nitrogen and oxygen atoms in total. The average Bonchev–Trinajstić information content (AvgIpc) is 3.19. The van der Waals surface area contributed by atoms with Gasteiger partial charge in [-0.3, -0.25) is 0 Å². The molecule has 0 aliphatic rings. The van der Waals surface area contributed by atoms with Crippen LogP contribution >= 0.6 is 0 Å². The van der Waals surface area contributed by atoms with Crippen LogP contribution in [0.3, 0.4) is 0 Å². The number of phenols is 2. The molecule has 0 aliphatic carbocycles. The Hall–Kier alpha value is -6.85. The third kappa shape index (κ3) is 6.00. The standard InChI is InChI=1S/C45H30N2O3/c48-41-37(30-16-6-1-7-17-30)26-35(27-38(41)31-18-8-2-9-19-31)43-46-44(34-24-14-5-15-25-34)50-45(47-43)36-28-39(32-20-10-3-11-21-32)42(49)40(29-36)33-22-12-4-13-23-33/h1-29H,(H-,46,47,48,49)/p+1. The number of hydrogen-bond donors (Lipinski definition) is 2. The van der Waals surface area contributed by atoms with Gasteiger partial charge in [0.2, 0.25) is 0 Å². The third-order valence-electron chi connectivity index (χ3n) is 8.69. The van der Waals surface area contributed by atoms with E-state index < -0.39 is 0 Å². The van der Waals surface area contributed by atoms with Crippen molar-refractivity contribution in [1.82, 2.24) is 9.97 Å². The summed E-state index contributed by atoms with van der Waals surface area (Å²) in [5, 5.41) is 23.3. The predicted molar refractivity (Wildman–Crippen MR) is 200 cm³/mol. The maximum Gasteiger partial charge on any atom is 0.464 e. The van der Waals surface area contributed by atoms with Gasteiger partial charge in [-0.05, 0) is 58.7 Å². The fourth-order valence-corrected chi connectivity index (χ4v) is 6.18. The number of benzene rings is 7. The molecule has 0 fully saturated rings. The zero-order valence-electron chi connectivity index (χ0n) is 26.9. The van der Waals surface area contributed by atoms with Crippen molar-refractivity contribution < 1.29 is 14.6 Å². The Morgan fingerprint density at radius 1 is 0.320 bits per heavy atom. The summed E-state index contributed by atoms with van der Waals surface area (Å²) in [5.41, 5.74) is 8.26. The SMILES string of the molecule is Oc1c(-c2ccccc2)cc(-c2nc(-c3ccccc3)[o+]c(-c3cc(-c4ccccc4)c(O)c(-c4ccccc4)c3)n2)cc1-c1ccccc1. The van der Waals surface area contributed by atoms with E-state index >= 15 is 0 Å². The molecule has 0 saturated carbocycles. The Morgan fingerprint density at radius 3 is 0.940 bits per heavy atom. The van der Waals surface area contributed by atoms with Gasteiger partial charge in [0.15, 0.2) is 5.82 Å². The van der Waals surface area contributed by atoms with Gasteiger partial charge in [-0.1, -0.05) is 140 Å². The van der Waals surface area contributed by atoms with E-state index in [9.17, 15) is 10.2 Å². The number of hydrogen-bond acceptors (Lipinski definition) is 4. The molecule has 0 saturated heterocycles. The number of rotatable bonds is 7. The Kier molecular flexibility index (Phi) is 8.13. The first kappa shape index (κ1) is 30.5. The van der Waals surface area contributed by atoms with E-state index in [2.05, 4.69) is 0 Å². The van der Waals surface area contributed by atoms with Gasteiger partial charge in [0.25, 0.3) is 0 Å². The van der Waals surface area contributed by atoms with E-state index in [4.69, 9.17) is 14.4 Å². The Balaban J connectivity index is 1.39. The minimum atomic E-state index is 0.169. The average molecular weight is 648 g/mol. The van der Waals surface area contributed by atoms with Crippen LogP contribution in [0.25, 0.3) is 78.8 Å². The van der Waals surface area contributed by atoms with E-state index in [0.717, 1.165) is 27.8 Å². The Bertz CT molecular complexity index is 2150. The first-order valence-electron chi connectivity index (χ1n) is 16.4. The van der Waals surface area contributed by atoms with E-state index in [0.29, 0.717) is 51.0 Å². The Morgan fingerprint density at radius 2 is 0.600 bits per heavy atom. The first-order chi connectivity index (χ1) is 24.6. The van der Waals surface area contributed by atoms with Gasteiger partial charge >= 0.3 is 11.8 Å². The van der Waals surface area contributed by atoms with Crippen LogP contribution in [0, 0.1) is 0 Å². The second kappa shape index (κ2) is 13.3. The molecule has 8 rings (SSSR count). The van der Waals surface area contributed by atoms with Gasteiger partial charge in [-0.15, -0.1) is 9.97 Å². The monoisotopic (exact) mass is 647 g/mol. The third-order valence-corrected chi connectivity index (χ3v) is 8.69. The summed E-state index contributed by atoms with van der Waals surface area (Å²) in [6, 6.07) is 56.6. The van der Waals surface area contributed by atoms with Crippen molar-refractivity contribution in [3.05, 3.63) is 176 Å². The van der Waals surface area contributed by atoms with Crippen LogP contribution in [-0.2, 0) is 0 Å². The molecule has 0 spiro atoms. The highest BCUT2D eigenvalue weighted by Gasteiger charge is 2.28. The van der Waals surface area contributed by atoms with E-state index in [-0.39, 0.29) is 11.5 Å². The molecule has 2 N–H and O–H groups in total. The summed E-state index contributed by atoms with van der Waals surface area (Å²) in [5.74, 6) is 1.49. The van der Waals surface area contributed by atoms with Gasteiger partial charge in [-0.25, -0.2) is 0 Å². The molecule has 0 unspecified atom stereocenters. The van der Waals surface area contributed by atoms with Gasteiger partial charge in [-0.2, -0.15) is 4.42 Å². The summed E-state index contributed by atoms with van der Waals surface area (Å²) < 4.78 is 6.53. The Labute approximate surface area is 290 Å². The minimum absolute atomic E-state index is 0.169. The first-order valence-corrected chi connectivity index (χ1v) is 16.4. The van der Waals surface area contributed by atoms with Crippen LogP contribution in [0.4, 0.5) is 0 Å². The van der Waals surface area contributed by atoms with Crippen molar-refractivity contribution in [3.63, 3.8) is 0 Å². The molecule has 1 aromatic heterocycles.